The second-order valence-electron chi connectivity index (χ2n) is 2.33. The minimum absolute atomic E-state index is 0. The monoisotopic (exact) mass is 257 g/mol. The zero-order chi connectivity index (χ0) is 7.82. The van der Waals surface area contributed by atoms with Crippen molar-refractivity contribution in [3.8, 4) is 0 Å². The van der Waals surface area contributed by atoms with E-state index in [0.29, 0.717) is 6.61 Å². The molecule has 12 heavy (non-hydrogen) atoms. The maximum Gasteiger partial charge on any atom is 0.504 e. The van der Waals surface area contributed by atoms with Crippen molar-refractivity contribution in [2.45, 2.75) is 32.6 Å². The molecule has 1 atom stereocenters. The Morgan fingerprint density at radius 2 is 1.83 bits per heavy atom. The van der Waals surface area contributed by atoms with E-state index in [1.54, 1.807) is 6.66 Å². The quantitative estimate of drug-likeness (QED) is 0.412. The van der Waals surface area contributed by atoms with Gasteiger partial charge in [0.2, 0.25) is 0 Å². The van der Waals surface area contributed by atoms with Crippen LogP contribution in [0.2, 0.25) is 0 Å². The van der Waals surface area contributed by atoms with Crippen molar-refractivity contribution >= 4 is 25.4 Å². The molecule has 0 rings (SSSR count). The Labute approximate surface area is 99.6 Å². The summed E-state index contributed by atoms with van der Waals surface area (Å²) >= 11 is 0. The maximum absolute atomic E-state index is 10.4. The van der Waals surface area contributed by atoms with Crippen LogP contribution in [0.25, 0.3) is 0 Å². The summed E-state index contributed by atoms with van der Waals surface area (Å²) in [5.74, 6) is 0. The van der Waals surface area contributed by atoms with Crippen molar-refractivity contribution in [3.05, 3.63) is 0 Å². The van der Waals surface area contributed by atoms with Crippen LogP contribution in [0, 0.1) is 0 Å². The van der Waals surface area contributed by atoms with Crippen LogP contribution in [0.4, 0.5) is 0 Å². The molecule has 5 heteroatoms. The van der Waals surface area contributed by atoms with Crippen LogP contribution in [0.1, 0.15) is 32.6 Å². The molecule has 0 aliphatic carbocycles. The molecule has 0 aromatic carbocycles. The smallest absolute Gasteiger partial charge is 0.147 e. The summed E-state index contributed by atoms with van der Waals surface area (Å²) in [5, 5.41) is 0. The van der Waals surface area contributed by atoms with E-state index >= 15 is 0 Å². The minimum Gasteiger partial charge on any atom is -0.147 e. The summed E-state index contributed by atoms with van der Waals surface area (Å²) in [4.78, 5) is 0. The SMILES string of the molecule is CCCCCCO[P+](C)=O.[AlH3].[Zn]. The maximum atomic E-state index is 10.4. The van der Waals surface area contributed by atoms with E-state index in [0.717, 1.165) is 6.42 Å². The summed E-state index contributed by atoms with van der Waals surface area (Å²) in [5.41, 5.74) is 0. The summed E-state index contributed by atoms with van der Waals surface area (Å²) in [7, 11) is -1.37. The van der Waals surface area contributed by atoms with Crippen LogP contribution in [-0.2, 0) is 28.6 Å². The fraction of sp³-hybridized carbons (Fsp3) is 1.00. The van der Waals surface area contributed by atoms with Gasteiger partial charge in [-0.05, 0) is 11.0 Å². The molecular formula is C7H19AlO2PZn+. The van der Waals surface area contributed by atoms with Gasteiger partial charge in [0, 0.05) is 19.5 Å². The molecule has 0 bridgehead atoms. The Hall–Kier alpha value is 1.22. The molecule has 1 unspecified atom stereocenters. The van der Waals surface area contributed by atoms with Gasteiger partial charge in [-0.3, -0.25) is 0 Å². The number of hydrogen-bond donors (Lipinski definition) is 0. The molecule has 68 valence electrons. The molecule has 2 nitrogen and oxygen atoms in total. The largest absolute Gasteiger partial charge is 0.504 e. The van der Waals surface area contributed by atoms with Crippen LogP contribution >= 0.6 is 8.03 Å². The van der Waals surface area contributed by atoms with Gasteiger partial charge in [-0.2, -0.15) is 0 Å². The Kier molecular flexibility index (Phi) is 23.2. The van der Waals surface area contributed by atoms with E-state index in [9.17, 15) is 4.57 Å². The fourth-order valence-corrected chi connectivity index (χ4v) is 1.11. The summed E-state index contributed by atoms with van der Waals surface area (Å²) in [6, 6.07) is 0. The zero-order valence-electron chi connectivity index (χ0n) is 7.51. The predicted octanol–water partition coefficient (Wildman–Crippen LogP) is 1.77. The van der Waals surface area contributed by atoms with Crippen LogP contribution in [0.15, 0.2) is 0 Å². The molecule has 0 radical (unpaired) electrons. The predicted molar refractivity (Wildman–Crippen MR) is 53.6 cm³/mol. The van der Waals surface area contributed by atoms with Gasteiger partial charge in [0.1, 0.15) is 6.61 Å². The van der Waals surface area contributed by atoms with Gasteiger partial charge in [-0.1, -0.05) is 26.2 Å². The Balaban J connectivity index is -0.000000405. The number of hydrogen-bond acceptors (Lipinski definition) is 2. The molecule has 0 saturated heterocycles. The van der Waals surface area contributed by atoms with Crippen molar-refractivity contribution in [1.82, 2.24) is 0 Å². The summed E-state index contributed by atoms with van der Waals surface area (Å²) in [6.45, 7) is 4.42. The van der Waals surface area contributed by atoms with Crippen molar-refractivity contribution < 1.29 is 28.6 Å². The summed E-state index contributed by atoms with van der Waals surface area (Å²) in [6.07, 6.45) is 4.73. The van der Waals surface area contributed by atoms with Gasteiger partial charge < -0.3 is 0 Å². The average Bonchev–Trinajstić information content (AvgIpc) is 1.87. The Morgan fingerprint density at radius 1 is 1.25 bits per heavy atom. The fourth-order valence-electron chi connectivity index (χ4n) is 0.722. The number of unbranched alkanes of at least 4 members (excludes halogenated alkanes) is 3. The third-order valence-corrected chi connectivity index (χ3v) is 1.82. The van der Waals surface area contributed by atoms with E-state index in [1.807, 2.05) is 0 Å². The van der Waals surface area contributed by atoms with Crippen molar-refractivity contribution in [2.24, 2.45) is 0 Å². The van der Waals surface area contributed by atoms with Gasteiger partial charge in [-0.25, -0.2) is 0 Å². The van der Waals surface area contributed by atoms with Crippen molar-refractivity contribution in [3.63, 3.8) is 0 Å². The molecule has 0 spiro atoms. The third kappa shape index (κ3) is 17.3. The number of rotatable bonds is 6. The molecule has 0 aliphatic rings. The van der Waals surface area contributed by atoms with Gasteiger partial charge in [0.05, 0.1) is 0 Å². The molecule has 0 aromatic rings. The molecular weight excluding hydrogens is 239 g/mol. The minimum atomic E-state index is -1.37. The van der Waals surface area contributed by atoms with Crippen LogP contribution in [-0.4, -0.2) is 30.6 Å². The molecule has 0 amide bonds. The first-order valence-electron chi connectivity index (χ1n) is 3.81. The first-order valence-corrected chi connectivity index (χ1v) is 5.43. The topological polar surface area (TPSA) is 26.3 Å². The molecule has 0 aromatic heterocycles. The Bertz CT molecular complexity index is 103. The Morgan fingerprint density at radius 3 is 2.25 bits per heavy atom. The van der Waals surface area contributed by atoms with E-state index in [-0.39, 0.29) is 36.8 Å². The van der Waals surface area contributed by atoms with Gasteiger partial charge in [0.15, 0.2) is 24.0 Å². The first kappa shape index (κ1) is 18.9. The van der Waals surface area contributed by atoms with E-state index in [1.165, 1.54) is 19.3 Å². The molecule has 0 aliphatic heterocycles. The van der Waals surface area contributed by atoms with E-state index < -0.39 is 8.03 Å². The van der Waals surface area contributed by atoms with Crippen LogP contribution in [0.3, 0.4) is 0 Å². The second kappa shape index (κ2) is 14.7. The van der Waals surface area contributed by atoms with Gasteiger partial charge in [-0.15, -0.1) is 4.52 Å². The molecule has 0 saturated carbocycles. The van der Waals surface area contributed by atoms with Gasteiger partial charge in [0.25, 0.3) is 0 Å². The van der Waals surface area contributed by atoms with Crippen LogP contribution in [0.5, 0.6) is 0 Å². The van der Waals surface area contributed by atoms with E-state index in [2.05, 4.69) is 6.92 Å². The van der Waals surface area contributed by atoms with Crippen molar-refractivity contribution in [1.29, 1.82) is 0 Å². The second-order valence-corrected chi connectivity index (χ2v) is 3.47. The molecule has 0 fully saturated rings. The standard InChI is InChI=1S/C7H16O2P.Al.Zn.3H/c1-3-4-5-6-7-9-10(2)8;;;;;/h3-7H2,1-2H3;;;;;/q+1;;;;;. The molecule has 0 heterocycles. The van der Waals surface area contributed by atoms with Crippen LogP contribution < -0.4 is 0 Å². The van der Waals surface area contributed by atoms with E-state index in [4.69, 9.17) is 4.52 Å². The van der Waals surface area contributed by atoms with Gasteiger partial charge >= 0.3 is 8.03 Å². The third-order valence-electron chi connectivity index (χ3n) is 1.27. The zero-order valence-corrected chi connectivity index (χ0v) is 11.4. The average molecular weight is 259 g/mol. The summed E-state index contributed by atoms with van der Waals surface area (Å²) < 4.78 is 15.3. The normalized spacial score (nSPS) is 9.67. The van der Waals surface area contributed by atoms with Crippen molar-refractivity contribution in [2.75, 3.05) is 13.3 Å². The molecule has 0 N–H and O–H groups in total. The first-order chi connectivity index (χ1) is 4.77.